The highest BCUT2D eigenvalue weighted by Gasteiger charge is 2.32. The second-order valence-electron chi connectivity index (χ2n) is 4.91. The van der Waals surface area contributed by atoms with Crippen molar-refractivity contribution in [1.29, 1.82) is 0 Å². The van der Waals surface area contributed by atoms with Crippen LogP contribution in [0.2, 0.25) is 0 Å². The van der Waals surface area contributed by atoms with Crippen molar-refractivity contribution in [1.82, 2.24) is 15.1 Å². The number of nitrogens with one attached hydrogen (secondary N) is 1. The van der Waals surface area contributed by atoms with Crippen LogP contribution in [-0.2, 0) is 12.8 Å². The summed E-state index contributed by atoms with van der Waals surface area (Å²) in [7, 11) is 0. The second kappa shape index (κ2) is 4.14. The highest BCUT2D eigenvalue weighted by atomic mass is 16.2. The van der Waals surface area contributed by atoms with E-state index < -0.39 is 0 Å². The number of hydrogen-bond donors (Lipinski definition) is 2. The van der Waals surface area contributed by atoms with E-state index in [0.717, 1.165) is 49.9 Å². The molecule has 1 fully saturated rings. The first-order valence-electron chi connectivity index (χ1n) is 6.38. The molecular formula is C12H18N4O. The Morgan fingerprint density at radius 1 is 1.47 bits per heavy atom. The van der Waals surface area contributed by atoms with Crippen molar-refractivity contribution in [2.75, 3.05) is 13.1 Å². The van der Waals surface area contributed by atoms with Crippen molar-refractivity contribution >= 4 is 5.91 Å². The first-order valence-corrected chi connectivity index (χ1v) is 6.38. The number of likely N-dealkylation sites (tertiary alicyclic amines) is 1. The standard InChI is InChI=1S/C12H18N4O/c13-7-8-3-2-6-16(8)12(17)11-9-4-1-5-10(9)14-15-11/h8H,1-7,13H2,(H,14,15). The molecule has 2 aliphatic rings. The number of carbonyl (C=O) groups is 1. The predicted molar refractivity (Wildman–Crippen MR) is 63.7 cm³/mol. The number of fused-ring (bicyclic) bond motifs is 1. The van der Waals surface area contributed by atoms with E-state index in [0.29, 0.717) is 12.2 Å². The topological polar surface area (TPSA) is 75.0 Å². The molecule has 5 nitrogen and oxygen atoms in total. The van der Waals surface area contributed by atoms with Crippen LogP contribution in [0.1, 0.15) is 41.0 Å². The number of aromatic nitrogens is 2. The van der Waals surface area contributed by atoms with Crippen LogP contribution in [0.3, 0.4) is 0 Å². The van der Waals surface area contributed by atoms with Gasteiger partial charge in [-0.1, -0.05) is 0 Å². The van der Waals surface area contributed by atoms with Crippen LogP contribution in [0, 0.1) is 0 Å². The minimum atomic E-state index is 0.0670. The molecule has 0 radical (unpaired) electrons. The normalized spacial score (nSPS) is 23.1. The van der Waals surface area contributed by atoms with Gasteiger partial charge in [-0.15, -0.1) is 0 Å². The number of carbonyl (C=O) groups excluding carboxylic acids is 1. The fraction of sp³-hybridized carbons (Fsp3) is 0.667. The lowest BCUT2D eigenvalue weighted by atomic mass is 10.1. The van der Waals surface area contributed by atoms with Crippen LogP contribution in [0.15, 0.2) is 0 Å². The van der Waals surface area contributed by atoms with Crippen LogP contribution >= 0.6 is 0 Å². The molecule has 1 amide bonds. The lowest BCUT2D eigenvalue weighted by Gasteiger charge is -2.22. The molecule has 0 aromatic carbocycles. The van der Waals surface area contributed by atoms with E-state index in [1.54, 1.807) is 0 Å². The van der Waals surface area contributed by atoms with Crippen molar-refractivity contribution in [3.05, 3.63) is 17.0 Å². The number of aryl methyl sites for hydroxylation is 1. The quantitative estimate of drug-likeness (QED) is 0.780. The Labute approximate surface area is 100 Å². The van der Waals surface area contributed by atoms with Crippen molar-refractivity contribution in [2.45, 2.75) is 38.1 Å². The number of nitrogens with zero attached hydrogens (tertiary/aromatic N) is 2. The molecule has 1 atom stereocenters. The number of rotatable bonds is 2. The Morgan fingerprint density at radius 2 is 2.35 bits per heavy atom. The maximum absolute atomic E-state index is 12.4. The fourth-order valence-electron chi connectivity index (χ4n) is 2.98. The molecule has 17 heavy (non-hydrogen) atoms. The van der Waals surface area contributed by atoms with Gasteiger partial charge in [0.25, 0.3) is 5.91 Å². The van der Waals surface area contributed by atoms with Crippen LogP contribution in [0.4, 0.5) is 0 Å². The Morgan fingerprint density at radius 3 is 3.18 bits per heavy atom. The highest BCUT2D eigenvalue weighted by molar-refractivity contribution is 5.94. The Bertz CT molecular complexity index is 440. The molecule has 2 heterocycles. The van der Waals surface area contributed by atoms with E-state index >= 15 is 0 Å². The molecule has 0 saturated carbocycles. The fourth-order valence-corrected chi connectivity index (χ4v) is 2.98. The Balaban J connectivity index is 1.86. The average molecular weight is 234 g/mol. The van der Waals surface area contributed by atoms with Crippen molar-refractivity contribution in [2.24, 2.45) is 5.73 Å². The first-order chi connectivity index (χ1) is 8.31. The van der Waals surface area contributed by atoms with Gasteiger partial charge in [-0.3, -0.25) is 9.89 Å². The molecule has 1 unspecified atom stereocenters. The summed E-state index contributed by atoms with van der Waals surface area (Å²) in [4.78, 5) is 14.3. The predicted octanol–water partition coefficient (Wildman–Crippen LogP) is 0.462. The number of H-pyrrole nitrogens is 1. The molecule has 0 spiro atoms. The van der Waals surface area contributed by atoms with E-state index in [1.165, 1.54) is 0 Å². The molecular weight excluding hydrogens is 216 g/mol. The van der Waals surface area contributed by atoms with Gasteiger partial charge >= 0.3 is 0 Å². The van der Waals surface area contributed by atoms with Gasteiger partial charge in [0.15, 0.2) is 5.69 Å². The van der Waals surface area contributed by atoms with E-state index in [1.807, 2.05) is 4.90 Å². The van der Waals surface area contributed by atoms with E-state index in [9.17, 15) is 4.79 Å². The maximum Gasteiger partial charge on any atom is 0.274 e. The minimum Gasteiger partial charge on any atom is -0.333 e. The van der Waals surface area contributed by atoms with Gasteiger partial charge in [-0.25, -0.2) is 0 Å². The summed E-state index contributed by atoms with van der Waals surface area (Å²) in [5.74, 6) is 0.0670. The third-order valence-corrected chi connectivity index (χ3v) is 3.92. The highest BCUT2D eigenvalue weighted by Crippen LogP contribution is 2.26. The number of nitrogens with two attached hydrogens (primary N) is 1. The summed E-state index contributed by atoms with van der Waals surface area (Å²) in [6, 6.07) is 0.205. The van der Waals surface area contributed by atoms with Gasteiger partial charge in [0.2, 0.25) is 0 Å². The van der Waals surface area contributed by atoms with Crippen LogP contribution in [0.25, 0.3) is 0 Å². The zero-order valence-electron chi connectivity index (χ0n) is 9.91. The molecule has 92 valence electrons. The van der Waals surface area contributed by atoms with Gasteiger partial charge < -0.3 is 10.6 Å². The van der Waals surface area contributed by atoms with Crippen molar-refractivity contribution < 1.29 is 4.79 Å². The largest absolute Gasteiger partial charge is 0.333 e. The summed E-state index contributed by atoms with van der Waals surface area (Å²) in [5, 5.41) is 7.19. The summed E-state index contributed by atoms with van der Waals surface area (Å²) in [6.07, 6.45) is 5.21. The summed E-state index contributed by atoms with van der Waals surface area (Å²) in [6.45, 7) is 1.38. The lowest BCUT2D eigenvalue weighted by Crippen LogP contribution is -2.40. The Kier molecular flexibility index (Phi) is 2.63. The maximum atomic E-state index is 12.4. The van der Waals surface area contributed by atoms with Gasteiger partial charge in [0.05, 0.1) is 0 Å². The molecule has 1 aromatic rings. The smallest absolute Gasteiger partial charge is 0.274 e. The molecule has 1 saturated heterocycles. The summed E-state index contributed by atoms with van der Waals surface area (Å²) in [5.41, 5.74) is 8.63. The Hall–Kier alpha value is -1.36. The van der Waals surface area contributed by atoms with Crippen molar-refractivity contribution in [3.8, 4) is 0 Å². The third-order valence-electron chi connectivity index (χ3n) is 3.92. The van der Waals surface area contributed by atoms with Gasteiger partial charge in [0, 0.05) is 30.4 Å². The SMILES string of the molecule is NCC1CCCN1C(=O)c1n[nH]c2c1CCC2. The molecule has 0 bridgehead atoms. The van der Waals surface area contributed by atoms with E-state index in [2.05, 4.69) is 10.2 Å². The molecule has 3 N–H and O–H groups in total. The van der Waals surface area contributed by atoms with Crippen molar-refractivity contribution in [3.63, 3.8) is 0 Å². The molecule has 1 aliphatic carbocycles. The summed E-state index contributed by atoms with van der Waals surface area (Å²) >= 11 is 0. The van der Waals surface area contributed by atoms with Crippen LogP contribution in [-0.4, -0.2) is 40.1 Å². The van der Waals surface area contributed by atoms with Crippen LogP contribution < -0.4 is 5.73 Å². The zero-order chi connectivity index (χ0) is 11.8. The van der Waals surface area contributed by atoms with Gasteiger partial charge in [-0.05, 0) is 32.1 Å². The average Bonchev–Trinajstić information content (AvgIpc) is 3.03. The second-order valence-corrected chi connectivity index (χ2v) is 4.91. The van der Waals surface area contributed by atoms with Gasteiger partial charge in [0.1, 0.15) is 0 Å². The molecule has 1 aromatic heterocycles. The number of hydrogen-bond acceptors (Lipinski definition) is 3. The minimum absolute atomic E-state index is 0.0670. The molecule has 5 heteroatoms. The zero-order valence-corrected chi connectivity index (χ0v) is 9.91. The third kappa shape index (κ3) is 1.65. The van der Waals surface area contributed by atoms with Gasteiger partial charge in [-0.2, -0.15) is 5.10 Å². The monoisotopic (exact) mass is 234 g/mol. The van der Waals surface area contributed by atoms with E-state index in [-0.39, 0.29) is 11.9 Å². The number of amides is 1. The van der Waals surface area contributed by atoms with E-state index in [4.69, 9.17) is 5.73 Å². The van der Waals surface area contributed by atoms with Crippen LogP contribution in [0.5, 0.6) is 0 Å². The lowest BCUT2D eigenvalue weighted by molar-refractivity contribution is 0.0734. The first kappa shape index (κ1) is 10.8. The molecule has 3 rings (SSSR count). The molecule has 1 aliphatic heterocycles. The number of aromatic amines is 1. The summed E-state index contributed by atoms with van der Waals surface area (Å²) < 4.78 is 0.